The number of nitriles is 1. The molecule has 0 aliphatic heterocycles. The van der Waals surface area contributed by atoms with Gasteiger partial charge in [0, 0.05) is 6.54 Å². The predicted molar refractivity (Wildman–Crippen MR) is 54.1 cm³/mol. The molecule has 0 fully saturated rings. The van der Waals surface area contributed by atoms with Crippen LogP contribution in [0.5, 0.6) is 0 Å². The van der Waals surface area contributed by atoms with E-state index in [1.807, 2.05) is 37.4 Å². The highest BCUT2D eigenvalue weighted by atomic mass is 14.8. The average molecular weight is 172 g/mol. The minimum Gasteiger partial charge on any atom is -0.316 e. The van der Waals surface area contributed by atoms with Crippen LogP contribution in [0.1, 0.15) is 11.1 Å². The second-order valence-corrected chi connectivity index (χ2v) is 2.70. The summed E-state index contributed by atoms with van der Waals surface area (Å²) in [6.45, 7) is 0.844. The van der Waals surface area contributed by atoms with Crippen molar-refractivity contribution in [2.24, 2.45) is 0 Å². The van der Waals surface area contributed by atoms with E-state index in [-0.39, 0.29) is 0 Å². The van der Waals surface area contributed by atoms with Crippen molar-refractivity contribution in [2.45, 2.75) is 0 Å². The van der Waals surface area contributed by atoms with Crippen molar-refractivity contribution in [1.82, 2.24) is 5.32 Å². The summed E-state index contributed by atoms with van der Waals surface area (Å²) in [5.74, 6) is 0. The standard InChI is InChI=1S/C11H12N2/c1-13-7-3-6-10-4-2-5-11(8-10)9-12/h2-6,8,13H,7H2,1H3. The Hall–Kier alpha value is -1.59. The Morgan fingerprint density at radius 2 is 2.38 bits per heavy atom. The van der Waals surface area contributed by atoms with E-state index in [4.69, 9.17) is 5.26 Å². The Balaban J connectivity index is 2.73. The number of likely N-dealkylation sites (N-methyl/N-ethyl adjacent to an activating group) is 1. The number of benzene rings is 1. The maximum atomic E-state index is 8.65. The largest absolute Gasteiger partial charge is 0.316 e. The number of rotatable bonds is 3. The van der Waals surface area contributed by atoms with Crippen molar-refractivity contribution < 1.29 is 0 Å². The topological polar surface area (TPSA) is 35.8 Å². The highest BCUT2D eigenvalue weighted by Crippen LogP contribution is 2.05. The van der Waals surface area contributed by atoms with Crippen molar-refractivity contribution in [2.75, 3.05) is 13.6 Å². The van der Waals surface area contributed by atoms with Crippen LogP contribution in [0.2, 0.25) is 0 Å². The van der Waals surface area contributed by atoms with Gasteiger partial charge in [-0.1, -0.05) is 24.3 Å². The molecule has 0 aromatic heterocycles. The average Bonchev–Trinajstić information content (AvgIpc) is 2.19. The lowest BCUT2D eigenvalue weighted by molar-refractivity contribution is 0.922. The zero-order chi connectivity index (χ0) is 9.52. The first-order valence-corrected chi connectivity index (χ1v) is 4.18. The van der Waals surface area contributed by atoms with E-state index >= 15 is 0 Å². The highest BCUT2D eigenvalue weighted by Gasteiger charge is 1.89. The van der Waals surface area contributed by atoms with Crippen LogP contribution in [0.25, 0.3) is 6.08 Å². The first kappa shape index (κ1) is 9.50. The molecule has 0 saturated carbocycles. The monoisotopic (exact) mass is 172 g/mol. The number of nitrogens with one attached hydrogen (secondary N) is 1. The third-order valence-corrected chi connectivity index (χ3v) is 1.65. The molecule has 1 aromatic carbocycles. The van der Waals surface area contributed by atoms with Gasteiger partial charge in [-0.2, -0.15) is 5.26 Å². The van der Waals surface area contributed by atoms with Gasteiger partial charge in [0.05, 0.1) is 11.6 Å². The molecule has 13 heavy (non-hydrogen) atoms. The fourth-order valence-corrected chi connectivity index (χ4v) is 1.02. The van der Waals surface area contributed by atoms with Gasteiger partial charge in [-0.05, 0) is 24.7 Å². The second kappa shape index (κ2) is 5.13. The van der Waals surface area contributed by atoms with Crippen molar-refractivity contribution in [3.63, 3.8) is 0 Å². The van der Waals surface area contributed by atoms with E-state index < -0.39 is 0 Å². The minimum absolute atomic E-state index is 0.701. The molecular weight excluding hydrogens is 160 g/mol. The summed E-state index contributed by atoms with van der Waals surface area (Å²) in [5.41, 5.74) is 1.76. The van der Waals surface area contributed by atoms with E-state index in [1.54, 1.807) is 6.07 Å². The predicted octanol–water partition coefficient (Wildman–Crippen LogP) is 1.79. The van der Waals surface area contributed by atoms with E-state index in [1.165, 1.54) is 0 Å². The number of hydrogen-bond acceptors (Lipinski definition) is 2. The molecule has 2 nitrogen and oxygen atoms in total. The molecule has 0 unspecified atom stereocenters. The first-order chi connectivity index (χ1) is 6.36. The van der Waals surface area contributed by atoms with Crippen LogP contribution < -0.4 is 5.32 Å². The zero-order valence-electron chi connectivity index (χ0n) is 7.62. The summed E-state index contributed by atoms with van der Waals surface area (Å²) in [4.78, 5) is 0. The molecule has 1 rings (SSSR count). The fourth-order valence-electron chi connectivity index (χ4n) is 1.02. The number of nitrogens with zero attached hydrogens (tertiary/aromatic N) is 1. The summed E-state index contributed by atoms with van der Waals surface area (Å²) in [6.07, 6.45) is 4.02. The van der Waals surface area contributed by atoms with Gasteiger partial charge < -0.3 is 5.32 Å². The zero-order valence-corrected chi connectivity index (χ0v) is 7.62. The normalized spacial score (nSPS) is 10.2. The third kappa shape index (κ3) is 3.10. The Kier molecular flexibility index (Phi) is 3.74. The number of hydrogen-bond donors (Lipinski definition) is 1. The van der Waals surface area contributed by atoms with Gasteiger partial charge in [0.1, 0.15) is 0 Å². The first-order valence-electron chi connectivity index (χ1n) is 4.18. The second-order valence-electron chi connectivity index (χ2n) is 2.70. The van der Waals surface area contributed by atoms with Crippen molar-refractivity contribution >= 4 is 6.08 Å². The quantitative estimate of drug-likeness (QED) is 0.754. The van der Waals surface area contributed by atoms with Gasteiger partial charge in [-0.3, -0.25) is 0 Å². The molecule has 0 atom stereocenters. The van der Waals surface area contributed by atoms with Gasteiger partial charge >= 0.3 is 0 Å². The molecule has 0 aliphatic carbocycles. The summed E-state index contributed by atoms with van der Waals surface area (Å²) >= 11 is 0. The summed E-state index contributed by atoms with van der Waals surface area (Å²) in [5, 5.41) is 11.7. The Labute approximate surface area is 78.5 Å². The maximum Gasteiger partial charge on any atom is 0.0991 e. The van der Waals surface area contributed by atoms with Gasteiger partial charge in [-0.15, -0.1) is 0 Å². The van der Waals surface area contributed by atoms with Crippen molar-refractivity contribution in [1.29, 1.82) is 5.26 Å². The SMILES string of the molecule is CNCC=Cc1cccc(C#N)c1. The van der Waals surface area contributed by atoms with Gasteiger partial charge in [0.2, 0.25) is 0 Å². The Morgan fingerprint density at radius 1 is 1.54 bits per heavy atom. The van der Waals surface area contributed by atoms with E-state index in [0.717, 1.165) is 12.1 Å². The van der Waals surface area contributed by atoms with Crippen LogP contribution >= 0.6 is 0 Å². The molecule has 0 heterocycles. The molecule has 1 aromatic rings. The molecule has 0 aliphatic rings. The van der Waals surface area contributed by atoms with E-state index in [9.17, 15) is 0 Å². The van der Waals surface area contributed by atoms with Crippen LogP contribution in [0.4, 0.5) is 0 Å². The highest BCUT2D eigenvalue weighted by molar-refractivity contribution is 5.52. The third-order valence-electron chi connectivity index (χ3n) is 1.65. The lowest BCUT2D eigenvalue weighted by Gasteiger charge is -1.93. The lowest BCUT2D eigenvalue weighted by Crippen LogP contribution is -2.03. The molecule has 1 N–H and O–H groups in total. The van der Waals surface area contributed by atoms with E-state index in [2.05, 4.69) is 11.4 Å². The summed E-state index contributed by atoms with van der Waals surface area (Å²) in [6, 6.07) is 9.64. The Bertz CT molecular complexity index is 334. The molecule has 0 saturated heterocycles. The maximum absolute atomic E-state index is 8.65. The molecule has 0 spiro atoms. The van der Waals surface area contributed by atoms with Crippen LogP contribution in [0.3, 0.4) is 0 Å². The summed E-state index contributed by atoms with van der Waals surface area (Å²) < 4.78 is 0. The lowest BCUT2D eigenvalue weighted by atomic mass is 10.1. The Morgan fingerprint density at radius 3 is 3.08 bits per heavy atom. The van der Waals surface area contributed by atoms with Gasteiger partial charge in [0.15, 0.2) is 0 Å². The molecule has 66 valence electrons. The van der Waals surface area contributed by atoms with Gasteiger partial charge in [0.25, 0.3) is 0 Å². The minimum atomic E-state index is 0.701. The van der Waals surface area contributed by atoms with Gasteiger partial charge in [-0.25, -0.2) is 0 Å². The van der Waals surface area contributed by atoms with Crippen molar-refractivity contribution in [3.8, 4) is 6.07 Å². The van der Waals surface area contributed by atoms with Crippen LogP contribution in [0.15, 0.2) is 30.3 Å². The van der Waals surface area contributed by atoms with Crippen LogP contribution in [-0.2, 0) is 0 Å². The smallest absolute Gasteiger partial charge is 0.0991 e. The van der Waals surface area contributed by atoms with Crippen LogP contribution in [0, 0.1) is 11.3 Å². The molecule has 2 heteroatoms. The molecular formula is C11H12N2. The summed E-state index contributed by atoms with van der Waals surface area (Å²) in [7, 11) is 1.90. The van der Waals surface area contributed by atoms with E-state index in [0.29, 0.717) is 5.56 Å². The molecule has 0 amide bonds. The molecule has 0 radical (unpaired) electrons. The van der Waals surface area contributed by atoms with Crippen molar-refractivity contribution in [3.05, 3.63) is 41.5 Å². The van der Waals surface area contributed by atoms with Crippen LogP contribution in [-0.4, -0.2) is 13.6 Å². The molecule has 0 bridgehead atoms. The fraction of sp³-hybridized carbons (Fsp3) is 0.182.